The summed E-state index contributed by atoms with van der Waals surface area (Å²) in [6.07, 6.45) is 20.0. The molecule has 1 aromatic rings. The maximum atomic E-state index is 12.7. The lowest BCUT2D eigenvalue weighted by Gasteiger charge is -2.21. The van der Waals surface area contributed by atoms with Crippen molar-refractivity contribution in [3.05, 3.63) is 35.9 Å². The summed E-state index contributed by atoms with van der Waals surface area (Å²) in [5.74, 6) is 0.707. The molecule has 0 radical (unpaired) electrons. The van der Waals surface area contributed by atoms with E-state index in [0.29, 0.717) is 5.92 Å². The molecule has 0 bridgehead atoms. The highest BCUT2D eigenvalue weighted by atomic mass is 79.9. The van der Waals surface area contributed by atoms with Gasteiger partial charge in [0.1, 0.15) is 0 Å². The van der Waals surface area contributed by atoms with E-state index >= 15 is 0 Å². The van der Waals surface area contributed by atoms with Crippen LogP contribution >= 0.6 is 15.9 Å². The molecule has 0 aliphatic rings. The number of hydrogen-bond acceptors (Lipinski definition) is 1. The zero-order valence-corrected chi connectivity index (χ0v) is 20.0. The third-order valence-corrected chi connectivity index (χ3v) is 6.97. The number of hydrogen-bond donors (Lipinski definition) is 0. The van der Waals surface area contributed by atoms with Crippen molar-refractivity contribution >= 4 is 21.7 Å². The number of benzene rings is 1. The van der Waals surface area contributed by atoms with Crippen molar-refractivity contribution < 1.29 is 4.79 Å². The molecule has 160 valence electrons. The first-order valence-electron chi connectivity index (χ1n) is 11.9. The van der Waals surface area contributed by atoms with Crippen molar-refractivity contribution in [1.82, 2.24) is 0 Å². The summed E-state index contributed by atoms with van der Waals surface area (Å²) < 4.78 is 0. The van der Waals surface area contributed by atoms with Crippen LogP contribution in [0, 0.1) is 5.92 Å². The molecule has 0 aromatic heterocycles. The average Bonchev–Trinajstić information content (AvgIpc) is 2.73. The highest BCUT2D eigenvalue weighted by Crippen LogP contribution is 2.28. The Kier molecular flexibility index (Phi) is 15.6. The summed E-state index contributed by atoms with van der Waals surface area (Å²) in [5.41, 5.74) is 0.833. The summed E-state index contributed by atoms with van der Waals surface area (Å²) >= 11 is 3.73. The van der Waals surface area contributed by atoms with Gasteiger partial charge in [0.25, 0.3) is 0 Å². The molecule has 0 heterocycles. The van der Waals surface area contributed by atoms with Crippen LogP contribution in [0.5, 0.6) is 0 Å². The van der Waals surface area contributed by atoms with Crippen LogP contribution in [0.1, 0.15) is 121 Å². The zero-order valence-electron chi connectivity index (χ0n) is 18.4. The van der Waals surface area contributed by atoms with Crippen LogP contribution in [0.2, 0.25) is 0 Å². The molecule has 2 heteroatoms. The molecule has 0 saturated carbocycles. The number of unbranched alkanes of at least 4 members (excludes halogenated alkanes) is 11. The van der Waals surface area contributed by atoms with Gasteiger partial charge in [0.05, 0.1) is 4.83 Å². The van der Waals surface area contributed by atoms with E-state index in [1.165, 1.54) is 83.5 Å². The number of carbonyl (C=O) groups is 1. The largest absolute Gasteiger partial charge is 0.293 e. The van der Waals surface area contributed by atoms with E-state index in [-0.39, 0.29) is 10.6 Å². The minimum absolute atomic E-state index is 0.0393. The molecule has 0 N–H and O–H groups in total. The van der Waals surface area contributed by atoms with Gasteiger partial charge in [0.15, 0.2) is 5.78 Å². The standard InChI is InChI=1S/C26H43BrO/c1-3-5-6-7-8-9-10-11-12-13-14-16-20-23(19-4-2)25(27)26(28)24-21-17-15-18-22-24/h15,17-18,21-23,25H,3-14,16,19-20H2,1-2H3. The van der Waals surface area contributed by atoms with Gasteiger partial charge in [-0.05, 0) is 18.8 Å². The Morgan fingerprint density at radius 2 is 1.21 bits per heavy atom. The first kappa shape index (κ1) is 25.4. The molecule has 0 aliphatic heterocycles. The van der Waals surface area contributed by atoms with Crippen molar-refractivity contribution in [2.45, 2.75) is 115 Å². The van der Waals surface area contributed by atoms with Gasteiger partial charge in [-0.15, -0.1) is 0 Å². The Balaban J connectivity index is 2.14. The van der Waals surface area contributed by atoms with Crippen LogP contribution in [0.15, 0.2) is 30.3 Å². The van der Waals surface area contributed by atoms with Crippen LogP contribution in [0.3, 0.4) is 0 Å². The third kappa shape index (κ3) is 11.4. The Hall–Kier alpha value is -0.630. The fourth-order valence-corrected chi connectivity index (χ4v) is 4.82. The Morgan fingerprint density at radius 3 is 1.71 bits per heavy atom. The summed E-state index contributed by atoms with van der Waals surface area (Å²) in [6.45, 7) is 4.51. The van der Waals surface area contributed by atoms with E-state index in [9.17, 15) is 4.79 Å². The quantitative estimate of drug-likeness (QED) is 0.124. The number of carbonyl (C=O) groups excluding carboxylic acids is 1. The summed E-state index contributed by atoms with van der Waals surface area (Å²) in [6, 6.07) is 9.74. The normalized spacial score (nSPS) is 13.4. The summed E-state index contributed by atoms with van der Waals surface area (Å²) in [4.78, 5) is 12.7. The van der Waals surface area contributed by atoms with E-state index in [0.717, 1.165) is 18.4 Å². The molecule has 0 fully saturated rings. The molecule has 1 aromatic carbocycles. The molecule has 28 heavy (non-hydrogen) atoms. The predicted octanol–water partition coefficient (Wildman–Crippen LogP) is 9.14. The van der Waals surface area contributed by atoms with Gasteiger partial charge in [-0.2, -0.15) is 0 Å². The second-order valence-corrected chi connectivity index (χ2v) is 9.35. The van der Waals surface area contributed by atoms with E-state index < -0.39 is 0 Å². The lowest BCUT2D eigenvalue weighted by Crippen LogP contribution is -2.24. The molecular formula is C26H43BrO. The monoisotopic (exact) mass is 450 g/mol. The molecule has 1 nitrogen and oxygen atoms in total. The van der Waals surface area contributed by atoms with Gasteiger partial charge < -0.3 is 0 Å². The first-order chi connectivity index (χ1) is 13.7. The molecule has 0 amide bonds. The van der Waals surface area contributed by atoms with Crippen molar-refractivity contribution in [2.24, 2.45) is 5.92 Å². The predicted molar refractivity (Wildman–Crippen MR) is 128 cm³/mol. The van der Waals surface area contributed by atoms with Gasteiger partial charge in [-0.25, -0.2) is 0 Å². The number of halogens is 1. The molecule has 1 rings (SSSR count). The van der Waals surface area contributed by atoms with E-state index in [4.69, 9.17) is 0 Å². The second-order valence-electron chi connectivity index (χ2n) is 8.36. The lowest BCUT2D eigenvalue weighted by molar-refractivity contribution is 0.0967. The highest BCUT2D eigenvalue weighted by Gasteiger charge is 2.25. The summed E-state index contributed by atoms with van der Waals surface area (Å²) in [5, 5.41) is 0. The number of rotatable bonds is 18. The van der Waals surface area contributed by atoms with Gasteiger partial charge in [-0.1, -0.05) is 144 Å². The Morgan fingerprint density at radius 1 is 0.714 bits per heavy atom. The lowest BCUT2D eigenvalue weighted by atomic mass is 9.89. The van der Waals surface area contributed by atoms with Gasteiger partial charge >= 0.3 is 0 Å². The first-order valence-corrected chi connectivity index (χ1v) is 12.9. The van der Waals surface area contributed by atoms with Gasteiger partial charge in [0, 0.05) is 5.56 Å². The maximum absolute atomic E-state index is 12.7. The number of alkyl halides is 1. The molecule has 0 saturated heterocycles. The second kappa shape index (κ2) is 17.2. The average molecular weight is 452 g/mol. The Bertz CT molecular complexity index is 484. The topological polar surface area (TPSA) is 17.1 Å². The van der Waals surface area contributed by atoms with Crippen LogP contribution in [0.4, 0.5) is 0 Å². The van der Waals surface area contributed by atoms with Crippen LogP contribution in [0.25, 0.3) is 0 Å². The van der Waals surface area contributed by atoms with Crippen molar-refractivity contribution in [3.8, 4) is 0 Å². The molecular weight excluding hydrogens is 408 g/mol. The van der Waals surface area contributed by atoms with Crippen molar-refractivity contribution in [1.29, 1.82) is 0 Å². The molecule has 2 unspecified atom stereocenters. The SMILES string of the molecule is CCCCCCCCCCCCCCC(CCC)C(Br)C(=O)c1ccccc1. The molecule has 0 aliphatic carbocycles. The minimum Gasteiger partial charge on any atom is -0.293 e. The highest BCUT2D eigenvalue weighted by molar-refractivity contribution is 9.10. The van der Waals surface area contributed by atoms with E-state index in [1.807, 2.05) is 30.3 Å². The fraction of sp³-hybridized carbons (Fsp3) is 0.731. The smallest absolute Gasteiger partial charge is 0.176 e. The summed E-state index contributed by atoms with van der Waals surface area (Å²) in [7, 11) is 0. The number of Topliss-reactive ketones (excluding diaryl/α,β-unsaturated/α-hetero) is 1. The zero-order chi connectivity index (χ0) is 20.5. The van der Waals surface area contributed by atoms with Crippen LogP contribution in [-0.2, 0) is 0 Å². The minimum atomic E-state index is -0.0393. The third-order valence-electron chi connectivity index (χ3n) is 5.81. The van der Waals surface area contributed by atoms with Crippen molar-refractivity contribution in [3.63, 3.8) is 0 Å². The van der Waals surface area contributed by atoms with Gasteiger partial charge in [-0.3, -0.25) is 4.79 Å². The fourth-order valence-electron chi connectivity index (χ4n) is 4.03. The van der Waals surface area contributed by atoms with E-state index in [2.05, 4.69) is 29.8 Å². The van der Waals surface area contributed by atoms with Gasteiger partial charge in [0.2, 0.25) is 0 Å². The van der Waals surface area contributed by atoms with Crippen LogP contribution in [-0.4, -0.2) is 10.6 Å². The number of ketones is 1. The molecule has 2 atom stereocenters. The maximum Gasteiger partial charge on any atom is 0.176 e. The molecule has 0 spiro atoms. The Labute approximate surface area is 183 Å². The van der Waals surface area contributed by atoms with Crippen molar-refractivity contribution in [2.75, 3.05) is 0 Å². The van der Waals surface area contributed by atoms with Crippen LogP contribution < -0.4 is 0 Å². The van der Waals surface area contributed by atoms with E-state index in [1.54, 1.807) is 0 Å².